The maximum atomic E-state index is 13.2. The minimum atomic E-state index is -2.57. The van der Waals surface area contributed by atoms with Crippen molar-refractivity contribution in [2.75, 3.05) is 13.1 Å². The van der Waals surface area contributed by atoms with Crippen molar-refractivity contribution in [3.63, 3.8) is 0 Å². The van der Waals surface area contributed by atoms with Gasteiger partial charge in [0.1, 0.15) is 0 Å². The van der Waals surface area contributed by atoms with Crippen LogP contribution in [0.15, 0.2) is 6.07 Å². The number of rotatable bonds is 6. The molecule has 2 heterocycles. The molecule has 0 aromatic carbocycles. The molecule has 2 aromatic heterocycles. The van der Waals surface area contributed by atoms with Crippen LogP contribution in [0.25, 0.3) is 11.0 Å². The summed E-state index contributed by atoms with van der Waals surface area (Å²) in [5, 5.41) is 5.25. The zero-order valence-corrected chi connectivity index (χ0v) is 17.3. The van der Waals surface area contributed by atoms with E-state index in [4.69, 9.17) is 4.98 Å². The van der Waals surface area contributed by atoms with E-state index in [0.29, 0.717) is 28.7 Å². The average molecular weight is 380 g/mol. The van der Waals surface area contributed by atoms with E-state index in [0.717, 1.165) is 5.69 Å². The van der Waals surface area contributed by atoms with Crippen LogP contribution in [0.3, 0.4) is 0 Å². The van der Waals surface area contributed by atoms with Crippen molar-refractivity contribution >= 4 is 16.9 Å². The lowest BCUT2D eigenvalue weighted by molar-refractivity contribution is 0.0557. The van der Waals surface area contributed by atoms with E-state index in [-0.39, 0.29) is 23.9 Å². The Kier molecular flexibility index (Phi) is 6.22. The molecule has 0 saturated heterocycles. The maximum Gasteiger partial charge on any atom is 0.255 e. The highest BCUT2D eigenvalue weighted by Gasteiger charge is 2.28. The van der Waals surface area contributed by atoms with Crippen molar-refractivity contribution < 1.29 is 13.6 Å². The predicted octanol–water partition coefficient (Wildman–Crippen LogP) is 4.74. The molecule has 2 aromatic rings. The van der Waals surface area contributed by atoms with Gasteiger partial charge in [0.15, 0.2) is 5.65 Å². The molecule has 0 unspecified atom stereocenters. The van der Waals surface area contributed by atoms with Crippen molar-refractivity contribution in [1.29, 1.82) is 0 Å². The molecule has 7 heteroatoms. The number of fused-ring (bicyclic) bond motifs is 1. The van der Waals surface area contributed by atoms with E-state index in [9.17, 15) is 13.6 Å². The standard InChI is InChI=1S/C20H30F2N4O/c1-8-9-25(11-16(21)22)19(27)14-10-15(12(2)3)23-18-17(14)13(4)24-26(18)20(5,6)7/h10,12,16H,8-9,11H2,1-7H3. The first kappa shape index (κ1) is 21.3. The number of amides is 1. The Bertz CT molecular complexity index is 821. The number of halogens is 2. The largest absolute Gasteiger partial charge is 0.333 e. The Hall–Kier alpha value is -2.05. The van der Waals surface area contributed by atoms with Crippen LogP contribution in [0.4, 0.5) is 8.78 Å². The van der Waals surface area contributed by atoms with Gasteiger partial charge in [-0.05, 0) is 46.1 Å². The molecule has 0 spiro atoms. The number of carbonyl (C=O) groups excluding carboxylic acids is 1. The number of hydrogen-bond acceptors (Lipinski definition) is 3. The number of aryl methyl sites for hydroxylation is 1. The van der Waals surface area contributed by atoms with Gasteiger partial charge in [0, 0.05) is 12.2 Å². The number of pyridine rings is 1. The Balaban J connectivity index is 2.74. The van der Waals surface area contributed by atoms with Crippen molar-refractivity contribution in [3.8, 4) is 0 Å². The second-order valence-corrected chi connectivity index (χ2v) is 8.26. The van der Waals surface area contributed by atoms with Gasteiger partial charge in [-0.3, -0.25) is 4.79 Å². The topological polar surface area (TPSA) is 51.0 Å². The highest BCUT2D eigenvalue weighted by atomic mass is 19.3. The van der Waals surface area contributed by atoms with Crippen LogP contribution < -0.4 is 0 Å². The second kappa shape index (κ2) is 7.90. The number of hydrogen-bond donors (Lipinski definition) is 0. The number of alkyl halides is 2. The van der Waals surface area contributed by atoms with Crippen molar-refractivity contribution in [2.45, 2.75) is 72.8 Å². The summed E-state index contributed by atoms with van der Waals surface area (Å²) in [6.07, 6.45) is -1.95. The molecule has 1 amide bonds. The molecular formula is C20H30F2N4O. The monoisotopic (exact) mass is 380 g/mol. The lowest BCUT2D eigenvalue weighted by atomic mass is 10.0. The number of aromatic nitrogens is 3. The highest BCUT2D eigenvalue weighted by Crippen LogP contribution is 2.29. The molecule has 150 valence electrons. The first-order valence-electron chi connectivity index (χ1n) is 9.45. The van der Waals surface area contributed by atoms with E-state index in [2.05, 4.69) is 5.10 Å². The van der Waals surface area contributed by atoms with Crippen LogP contribution >= 0.6 is 0 Å². The van der Waals surface area contributed by atoms with Crippen LogP contribution in [0, 0.1) is 6.92 Å². The highest BCUT2D eigenvalue weighted by molar-refractivity contribution is 6.06. The molecule has 2 rings (SSSR count). The van der Waals surface area contributed by atoms with E-state index < -0.39 is 13.0 Å². The lowest BCUT2D eigenvalue weighted by Gasteiger charge is -2.23. The fourth-order valence-corrected chi connectivity index (χ4v) is 3.12. The molecule has 0 saturated carbocycles. The molecule has 0 aliphatic rings. The van der Waals surface area contributed by atoms with Crippen molar-refractivity contribution in [1.82, 2.24) is 19.7 Å². The van der Waals surface area contributed by atoms with Gasteiger partial charge in [0.05, 0.1) is 28.7 Å². The molecule has 0 atom stereocenters. The van der Waals surface area contributed by atoms with Crippen LogP contribution in [0.5, 0.6) is 0 Å². The zero-order chi connectivity index (χ0) is 20.5. The summed E-state index contributed by atoms with van der Waals surface area (Å²) in [7, 11) is 0. The molecule has 0 fully saturated rings. The van der Waals surface area contributed by atoms with Crippen LogP contribution in [-0.2, 0) is 5.54 Å². The molecule has 0 N–H and O–H groups in total. The Labute approximate surface area is 159 Å². The van der Waals surface area contributed by atoms with Crippen molar-refractivity contribution in [2.24, 2.45) is 0 Å². The van der Waals surface area contributed by atoms with Crippen LogP contribution in [0.2, 0.25) is 0 Å². The fourth-order valence-electron chi connectivity index (χ4n) is 3.12. The lowest BCUT2D eigenvalue weighted by Crippen LogP contribution is -2.36. The summed E-state index contributed by atoms with van der Waals surface area (Å²) < 4.78 is 27.9. The molecule has 0 aliphatic heterocycles. The van der Waals surface area contributed by atoms with Crippen LogP contribution in [-0.4, -0.2) is 45.1 Å². The summed E-state index contributed by atoms with van der Waals surface area (Å²) in [6.45, 7) is 13.5. The van der Waals surface area contributed by atoms with Gasteiger partial charge in [-0.1, -0.05) is 20.8 Å². The minimum absolute atomic E-state index is 0.0966. The molecule has 0 bridgehead atoms. The quantitative estimate of drug-likeness (QED) is 0.728. The second-order valence-electron chi connectivity index (χ2n) is 8.26. The van der Waals surface area contributed by atoms with E-state index in [1.165, 1.54) is 4.90 Å². The smallest absolute Gasteiger partial charge is 0.255 e. The minimum Gasteiger partial charge on any atom is -0.333 e. The summed E-state index contributed by atoms with van der Waals surface area (Å²) in [5.41, 5.74) is 2.15. The van der Waals surface area contributed by atoms with Gasteiger partial charge >= 0.3 is 0 Å². The molecule has 0 radical (unpaired) electrons. The Morgan fingerprint density at radius 2 is 1.93 bits per heavy atom. The third-order valence-electron chi connectivity index (χ3n) is 4.43. The first-order chi connectivity index (χ1) is 12.5. The van der Waals surface area contributed by atoms with Gasteiger partial charge in [-0.2, -0.15) is 5.10 Å². The van der Waals surface area contributed by atoms with Crippen molar-refractivity contribution in [3.05, 3.63) is 23.0 Å². The van der Waals surface area contributed by atoms with E-state index in [1.807, 2.05) is 53.1 Å². The third kappa shape index (κ3) is 4.45. The summed E-state index contributed by atoms with van der Waals surface area (Å²) in [6, 6.07) is 1.74. The van der Waals surface area contributed by atoms with E-state index in [1.54, 1.807) is 6.07 Å². The Morgan fingerprint density at radius 1 is 1.30 bits per heavy atom. The Morgan fingerprint density at radius 3 is 2.41 bits per heavy atom. The third-order valence-corrected chi connectivity index (χ3v) is 4.43. The molecule has 27 heavy (non-hydrogen) atoms. The number of nitrogens with zero attached hydrogens (tertiary/aromatic N) is 4. The van der Waals surface area contributed by atoms with Gasteiger partial charge in [-0.25, -0.2) is 18.4 Å². The fraction of sp³-hybridized carbons (Fsp3) is 0.650. The zero-order valence-electron chi connectivity index (χ0n) is 17.3. The molecule has 5 nitrogen and oxygen atoms in total. The van der Waals surface area contributed by atoms with Gasteiger partial charge in [0.25, 0.3) is 12.3 Å². The summed E-state index contributed by atoms with van der Waals surface area (Å²) >= 11 is 0. The van der Waals surface area contributed by atoms with Crippen LogP contribution in [0.1, 0.15) is 75.6 Å². The molecule has 0 aliphatic carbocycles. The van der Waals surface area contributed by atoms with Gasteiger partial charge in [0.2, 0.25) is 0 Å². The first-order valence-corrected chi connectivity index (χ1v) is 9.45. The molecular weight excluding hydrogens is 350 g/mol. The SMILES string of the molecule is CCCN(CC(F)F)C(=O)c1cc(C(C)C)nc2c1c(C)nn2C(C)(C)C. The van der Waals surface area contributed by atoms with Gasteiger partial charge in [-0.15, -0.1) is 0 Å². The van der Waals surface area contributed by atoms with E-state index >= 15 is 0 Å². The average Bonchev–Trinajstić information content (AvgIpc) is 2.90. The summed E-state index contributed by atoms with van der Waals surface area (Å²) in [4.78, 5) is 19.2. The predicted molar refractivity (Wildman–Crippen MR) is 104 cm³/mol. The number of carbonyl (C=O) groups is 1. The maximum absolute atomic E-state index is 13.2. The summed E-state index contributed by atoms with van der Waals surface area (Å²) in [5.74, 6) is -0.290. The van der Waals surface area contributed by atoms with Gasteiger partial charge < -0.3 is 4.90 Å². The normalized spacial score (nSPS) is 12.4.